The third-order valence-electron chi connectivity index (χ3n) is 9.05. The van der Waals surface area contributed by atoms with Gasteiger partial charge in [0.25, 0.3) is 5.91 Å². The highest BCUT2D eigenvalue weighted by atomic mass is 35.5. The van der Waals surface area contributed by atoms with Gasteiger partial charge >= 0.3 is 12.1 Å². The highest BCUT2D eigenvalue weighted by molar-refractivity contribution is 6.31. The molecule has 1 N–H and O–H groups in total. The second kappa shape index (κ2) is 12.4. The monoisotopic (exact) mass is 644 g/mol. The molecule has 2 aromatic carbocycles. The molecule has 1 fully saturated rings. The van der Waals surface area contributed by atoms with Crippen LogP contribution < -0.4 is 4.74 Å². The van der Waals surface area contributed by atoms with Crippen molar-refractivity contribution in [2.75, 3.05) is 13.1 Å². The first-order valence-corrected chi connectivity index (χ1v) is 15.3. The molecule has 13 heteroatoms. The second-order valence-electron chi connectivity index (χ2n) is 11.8. The molecule has 238 valence electrons. The van der Waals surface area contributed by atoms with Crippen LogP contribution in [0.5, 0.6) is 5.75 Å². The largest absolute Gasteiger partial charge is 0.485 e. The summed E-state index contributed by atoms with van der Waals surface area (Å²) >= 11 is 6.68. The summed E-state index contributed by atoms with van der Waals surface area (Å²) in [5, 5.41) is 10.4. The molecule has 2 aliphatic heterocycles. The van der Waals surface area contributed by atoms with E-state index < -0.39 is 36.6 Å². The van der Waals surface area contributed by atoms with E-state index in [4.69, 9.17) is 16.3 Å². The van der Waals surface area contributed by atoms with Crippen molar-refractivity contribution < 1.29 is 37.4 Å². The van der Waals surface area contributed by atoms with E-state index in [-0.39, 0.29) is 37.3 Å². The molecule has 1 aromatic heterocycles. The zero-order valence-corrected chi connectivity index (χ0v) is 25.1. The Morgan fingerprint density at radius 3 is 2.58 bits per heavy atom. The molecule has 1 saturated carbocycles. The number of aromatic nitrogens is 2. The Bertz CT molecular complexity index is 1630. The van der Waals surface area contributed by atoms with Gasteiger partial charge in [-0.2, -0.15) is 13.2 Å². The van der Waals surface area contributed by atoms with Gasteiger partial charge in [-0.25, -0.2) is 4.98 Å². The predicted molar refractivity (Wildman–Crippen MR) is 156 cm³/mol. The number of carboxylic acid groups (broad SMARTS) is 1. The average Bonchev–Trinajstić information content (AvgIpc) is 3.58. The zero-order valence-electron chi connectivity index (χ0n) is 24.3. The van der Waals surface area contributed by atoms with Crippen LogP contribution in [-0.4, -0.2) is 61.5 Å². The molecule has 3 heterocycles. The van der Waals surface area contributed by atoms with Crippen molar-refractivity contribution in [1.82, 2.24) is 19.4 Å². The Hall–Kier alpha value is -4.06. The molecule has 1 aliphatic carbocycles. The smallest absolute Gasteiger partial charge is 0.406 e. The van der Waals surface area contributed by atoms with E-state index in [2.05, 4.69) is 4.98 Å². The second-order valence-corrected chi connectivity index (χ2v) is 12.2. The lowest BCUT2D eigenvalue weighted by Crippen LogP contribution is -2.50. The molecule has 3 aliphatic rings. The molecule has 6 rings (SSSR count). The first kappa shape index (κ1) is 30.9. The van der Waals surface area contributed by atoms with Gasteiger partial charge in [-0.1, -0.05) is 42.6 Å². The summed E-state index contributed by atoms with van der Waals surface area (Å²) in [5.41, 5.74) is 2.70. The molecule has 0 saturated heterocycles. The van der Waals surface area contributed by atoms with Crippen LogP contribution in [0.25, 0.3) is 0 Å². The van der Waals surface area contributed by atoms with E-state index in [9.17, 15) is 32.7 Å². The number of hydrogen-bond donors (Lipinski definition) is 1. The van der Waals surface area contributed by atoms with Crippen LogP contribution in [0.4, 0.5) is 13.2 Å². The van der Waals surface area contributed by atoms with Gasteiger partial charge < -0.3 is 24.2 Å². The van der Waals surface area contributed by atoms with E-state index in [1.165, 1.54) is 12.4 Å². The van der Waals surface area contributed by atoms with Crippen LogP contribution >= 0.6 is 11.6 Å². The molecule has 3 aromatic rings. The number of fused-ring (bicyclic) bond motifs is 2. The van der Waals surface area contributed by atoms with Gasteiger partial charge in [0.05, 0.1) is 17.9 Å². The fraction of sp³-hybridized carbons (Fsp3) is 0.438. The van der Waals surface area contributed by atoms with Gasteiger partial charge in [0.2, 0.25) is 5.91 Å². The van der Waals surface area contributed by atoms with Crippen molar-refractivity contribution >= 4 is 29.4 Å². The molecule has 9 nitrogen and oxygen atoms in total. The minimum Gasteiger partial charge on any atom is -0.485 e. The lowest BCUT2D eigenvalue weighted by Gasteiger charge is -2.43. The quantitative estimate of drug-likeness (QED) is 0.340. The van der Waals surface area contributed by atoms with Crippen molar-refractivity contribution in [3.05, 3.63) is 81.9 Å². The Morgan fingerprint density at radius 2 is 1.84 bits per heavy atom. The first-order chi connectivity index (χ1) is 21.5. The number of benzene rings is 2. The maximum atomic E-state index is 14.2. The van der Waals surface area contributed by atoms with E-state index in [0.29, 0.717) is 53.3 Å². The minimum atomic E-state index is -4.45. The Balaban J connectivity index is 1.36. The summed E-state index contributed by atoms with van der Waals surface area (Å²) in [4.78, 5) is 47.2. The van der Waals surface area contributed by atoms with Crippen LogP contribution in [0.3, 0.4) is 0 Å². The molecular formula is C32H32ClF3N4O5. The number of alkyl halides is 3. The SMILES string of the molecule is O=C(O)[C@H]1CCCC[C@H]1C(=O)N1CCc2c(Cl)ccc(OCc3nccn3CC(F)(F)F)c2[C@H]1CN1Cc2ccccc2C1=O. The van der Waals surface area contributed by atoms with E-state index in [0.717, 1.165) is 23.0 Å². The normalized spacial score (nSPS) is 21.4. The number of nitrogens with zero attached hydrogens (tertiary/aromatic N) is 4. The lowest BCUT2D eigenvalue weighted by atomic mass is 9.77. The number of rotatable bonds is 8. The molecule has 2 amide bonds. The van der Waals surface area contributed by atoms with Crippen LogP contribution in [0, 0.1) is 11.8 Å². The highest BCUT2D eigenvalue weighted by Gasteiger charge is 2.44. The number of carbonyl (C=O) groups is 3. The van der Waals surface area contributed by atoms with E-state index in [1.54, 1.807) is 34.1 Å². The van der Waals surface area contributed by atoms with Crippen LogP contribution in [-0.2, 0) is 35.7 Å². The average molecular weight is 645 g/mol. The summed E-state index contributed by atoms with van der Waals surface area (Å²) in [6.07, 6.45) is 0.719. The standard InChI is InChI=1S/C32H32ClF3N4O5/c33-24-9-10-26(45-17-27-37-12-14-38(27)18-32(34,35)36)28-23(24)11-13-40(30(42)21-7-3-4-8-22(21)31(43)44)25(28)16-39-15-19-5-1-2-6-20(19)29(39)41/h1-2,5-6,9-10,12,14,21-22,25H,3-4,7-8,11,13,15-18H2,(H,43,44)/t21-,22+,25-/m1/s1. The summed E-state index contributed by atoms with van der Waals surface area (Å²) in [5.74, 6) is -2.65. The zero-order chi connectivity index (χ0) is 31.9. The number of ether oxygens (including phenoxy) is 1. The highest BCUT2D eigenvalue weighted by Crippen LogP contribution is 2.44. The number of aliphatic carboxylic acids is 1. The van der Waals surface area contributed by atoms with Crippen LogP contribution in [0.2, 0.25) is 5.02 Å². The van der Waals surface area contributed by atoms with Crippen LogP contribution in [0.15, 0.2) is 48.8 Å². The third-order valence-corrected chi connectivity index (χ3v) is 9.41. The maximum Gasteiger partial charge on any atom is 0.406 e. The molecule has 0 spiro atoms. The summed E-state index contributed by atoms with van der Waals surface area (Å²) < 4.78 is 46.5. The van der Waals surface area contributed by atoms with Gasteiger partial charge in [0, 0.05) is 48.2 Å². The predicted octanol–water partition coefficient (Wildman–Crippen LogP) is 5.65. The number of amides is 2. The first-order valence-electron chi connectivity index (χ1n) is 14.9. The minimum absolute atomic E-state index is 0.0630. The van der Waals surface area contributed by atoms with E-state index in [1.807, 2.05) is 12.1 Å². The van der Waals surface area contributed by atoms with Gasteiger partial charge in [0.1, 0.15) is 24.7 Å². The molecule has 0 unspecified atom stereocenters. The number of halogens is 4. The Morgan fingerprint density at radius 1 is 1.09 bits per heavy atom. The van der Waals surface area contributed by atoms with Crippen LogP contribution in [0.1, 0.15) is 64.6 Å². The van der Waals surface area contributed by atoms with Crippen molar-refractivity contribution in [3.63, 3.8) is 0 Å². The van der Waals surface area contributed by atoms with E-state index >= 15 is 0 Å². The number of carbonyl (C=O) groups excluding carboxylic acids is 2. The topological polar surface area (TPSA) is 105 Å². The van der Waals surface area contributed by atoms with Crippen molar-refractivity contribution in [1.29, 1.82) is 0 Å². The summed E-state index contributed by atoms with van der Waals surface area (Å²) in [7, 11) is 0. The molecule has 45 heavy (non-hydrogen) atoms. The number of carboxylic acids is 1. The lowest BCUT2D eigenvalue weighted by molar-refractivity contribution is -0.153. The Labute approximate surface area is 262 Å². The van der Waals surface area contributed by atoms with Gasteiger partial charge in [-0.3, -0.25) is 14.4 Å². The summed E-state index contributed by atoms with van der Waals surface area (Å²) in [6.45, 7) is -0.825. The fourth-order valence-electron chi connectivity index (χ4n) is 6.92. The molecule has 0 bridgehead atoms. The molecular weight excluding hydrogens is 613 g/mol. The van der Waals surface area contributed by atoms with Gasteiger partial charge in [0.15, 0.2) is 0 Å². The molecule has 3 atom stereocenters. The van der Waals surface area contributed by atoms with Gasteiger partial charge in [-0.05, 0) is 48.6 Å². The third kappa shape index (κ3) is 6.25. The Kier molecular flexibility index (Phi) is 8.51. The fourth-order valence-corrected chi connectivity index (χ4v) is 7.18. The number of imidazole rings is 1. The van der Waals surface area contributed by atoms with Crippen molar-refractivity contribution in [3.8, 4) is 5.75 Å². The summed E-state index contributed by atoms with van der Waals surface area (Å²) in [6, 6.07) is 9.79. The number of hydrogen-bond acceptors (Lipinski definition) is 5. The van der Waals surface area contributed by atoms with Gasteiger partial charge in [-0.15, -0.1) is 0 Å². The molecule has 0 radical (unpaired) electrons. The maximum absolute atomic E-state index is 14.2. The van der Waals surface area contributed by atoms with Crippen molar-refractivity contribution in [2.24, 2.45) is 11.8 Å². The van der Waals surface area contributed by atoms with Crippen molar-refractivity contribution in [2.45, 2.75) is 64.0 Å².